The van der Waals surface area contributed by atoms with Crippen molar-refractivity contribution in [1.29, 1.82) is 0 Å². The lowest BCUT2D eigenvalue weighted by Gasteiger charge is -2.33. The number of nitrogens with one attached hydrogen (secondary N) is 2. The maximum absolute atomic E-state index is 5.73. The van der Waals surface area contributed by atoms with Crippen LogP contribution in [0.1, 0.15) is 30.6 Å². The van der Waals surface area contributed by atoms with Crippen LogP contribution in [0, 0.1) is 5.92 Å². The summed E-state index contributed by atoms with van der Waals surface area (Å²) in [5.74, 6) is 2.05. The zero-order valence-corrected chi connectivity index (χ0v) is 12.1. The number of fused-ring (bicyclic) bond motifs is 1. The highest BCUT2D eigenvalue weighted by Gasteiger charge is 2.42. The Hall–Kier alpha value is -1.84. The number of allylic oxidation sites excluding steroid dienone is 1. The Morgan fingerprint density at radius 1 is 1.05 bits per heavy atom. The Bertz CT molecular complexity index is 633. The predicted molar refractivity (Wildman–Crippen MR) is 83.5 cm³/mol. The molecule has 2 aliphatic rings. The van der Waals surface area contributed by atoms with Crippen LogP contribution in [-0.2, 0) is 0 Å². The summed E-state index contributed by atoms with van der Waals surface area (Å²) >= 11 is 0. The fourth-order valence-corrected chi connectivity index (χ4v) is 3.80. The fraction of sp³-hybridized carbons (Fsp3) is 0.333. The summed E-state index contributed by atoms with van der Waals surface area (Å²) in [6, 6.07) is 15.6. The number of rotatable bonds is 2. The number of benzene rings is 1. The Labute approximate surface area is 125 Å². The van der Waals surface area contributed by atoms with Gasteiger partial charge in [0.2, 0.25) is 0 Å². The second kappa shape index (κ2) is 5.17. The largest absolute Gasteiger partial charge is 0.469 e. The molecular formula is C18H20N2O. The molecule has 0 saturated carbocycles. The molecule has 3 nitrogen and oxygen atoms in total. The monoisotopic (exact) mass is 280 g/mol. The van der Waals surface area contributed by atoms with Crippen LogP contribution in [0.3, 0.4) is 0 Å². The Balaban J connectivity index is 1.74. The maximum Gasteiger partial charge on any atom is 0.107 e. The normalized spacial score (nSPS) is 31.8. The van der Waals surface area contributed by atoms with E-state index in [9.17, 15) is 0 Å². The fourth-order valence-electron chi connectivity index (χ4n) is 3.80. The first-order valence-corrected chi connectivity index (χ1v) is 7.63. The standard InChI is InChI=1S/C18H20N2O/c1-12-18-15(17-8-5-9-21-17)10-14(11-16(18)20-19-12)13-6-3-2-4-7-13/h2-9,11-12,15-16,18-20H,10H2,1H3. The zero-order valence-electron chi connectivity index (χ0n) is 12.1. The SMILES string of the molecule is CC1NNC2C=C(c3ccccc3)CC(c3ccco3)C12. The van der Waals surface area contributed by atoms with Gasteiger partial charge in [0, 0.05) is 23.9 Å². The van der Waals surface area contributed by atoms with Crippen molar-refractivity contribution < 1.29 is 4.42 Å². The van der Waals surface area contributed by atoms with E-state index in [1.54, 1.807) is 6.26 Å². The molecule has 0 radical (unpaired) electrons. The molecule has 108 valence electrons. The molecule has 2 aromatic rings. The molecule has 1 aromatic carbocycles. The van der Waals surface area contributed by atoms with Crippen molar-refractivity contribution in [3.05, 3.63) is 66.1 Å². The molecule has 4 unspecified atom stereocenters. The van der Waals surface area contributed by atoms with Crippen LogP contribution in [0.25, 0.3) is 5.57 Å². The summed E-state index contributed by atoms with van der Waals surface area (Å²) in [5, 5.41) is 0. The highest BCUT2D eigenvalue weighted by atomic mass is 16.3. The molecule has 0 spiro atoms. The number of furan rings is 1. The minimum absolute atomic E-state index is 0.360. The summed E-state index contributed by atoms with van der Waals surface area (Å²) in [6.07, 6.45) is 5.20. The summed E-state index contributed by atoms with van der Waals surface area (Å²) in [6.45, 7) is 2.24. The third-order valence-corrected chi connectivity index (χ3v) is 4.81. The molecule has 1 fully saturated rings. The van der Waals surface area contributed by atoms with E-state index in [0.717, 1.165) is 12.2 Å². The van der Waals surface area contributed by atoms with Crippen molar-refractivity contribution in [2.45, 2.75) is 31.3 Å². The van der Waals surface area contributed by atoms with Crippen molar-refractivity contribution in [3.8, 4) is 0 Å². The van der Waals surface area contributed by atoms with Gasteiger partial charge in [-0.05, 0) is 36.6 Å². The molecule has 2 N–H and O–H groups in total. The van der Waals surface area contributed by atoms with Crippen LogP contribution in [-0.4, -0.2) is 12.1 Å². The lowest BCUT2D eigenvalue weighted by atomic mass is 9.72. The van der Waals surface area contributed by atoms with Crippen molar-refractivity contribution >= 4 is 5.57 Å². The van der Waals surface area contributed by atoms with Crippen LogP contribution in [0.2, 0.25) is 0 Å². The highest BCUT2D eigenvalue weighted by Crippen LogP contribution is 2.44. The van der Waals surface area contributed by atoms with Crippen LogP contribution in [0.4, 0.5) is 0 Å². The minimum Gasteiger partial charge on any atom is -0.469 e. The maximum atomic E-state index is 5.73. The van der Waals surface area contributed by atoms with Gasteiger partial charge in [-0.25, -0.2) is 0 Å². The first-order chi connectivity index (χ1) is 10.3. The number of hydrazine groups is 1. The molecule has 4 rings (SSSR count). The number of hydrogen-bond acceptors (Lipinski definition) is 3. The Morgan fingerprint density at radius 2 is 1.90 bits per heavy atom. The van der Waals surface area contributed by atoms with E-state index >= 15 is 0 Å². The van der Waals surface area contributed by atoms with Gasteiger partial charge in [-0.1, -0.05) is 36.4 Å². The molecule has 0 amide bonds. The zero-order chi connectivity index (χ0) is 14.2. The molecule has 2 heterocycles. The van der Waals surface area contributed by atoms with E-state index in [1.807, 2.05) is 6.07 Å². The number of hydrogen-bond donors (Lipinski definition) is 2. The molecule has 3 heteroatoms. The van der Waals surface area contributed by atoms with Crippen LogP contribution >= 0.6 is 0 Å². The van der Waals surface area contributed by atoms with Gasteiger partial charge in [0.25, 0.3) is 0 Å². The summed E-state index contributed by atoms with van der Waals surface area (Å²) in [7, 11) is 0. The molecule has 21 heavy (non-hydrogen) atoms. The van der Waals surface area contributed by atoms with Gasteiger partial charge in [-0.2, -0.15) is 0 Å². The molecule has 4 atom stereocenters. The van der Waals surface area contributed by atoms with Gasteiger partial charge in [0.15, 0.2) is 0 Å². The summed E-state index contributed by atoms with van der Waals surface area (Å²) in [5.41, 5.74) is 9.54. The topological polar surface area (TPSA) is 37.2 Å². The summed E-state index contributed by atoms with van der Waals surface area (Å²) < 4.78 is 5.73. The molecular weight excluding hydrogens is 260 g/mol. The first-order valence-electron chi connectivity index (χ1n) is 7.63. The Morgan fingerprint density at radius 3 is 2.67 bits per heavy atom. The van der Waals surface area contributed by atoms with Gasteiger partial charge in [-0.3, -0.25) is 10.9 Å². The van der Waals surface area contributed by atoms with Crippen molar-refractivity contribution in [3.63, 3.8) is 0 Å². The van der Waals surface area contributed by atoms with Crippen LogP contribution in [0.5, 0.6) is 0 Å². The lowest BCUT2D eigenvalue weighted by molar-refractivity contribution is 0.324. The lowest BCUT2D eigenvalue weighted by Crippen LogP contribution is -2.34. The van der Waals surface area contributed by atoms with Crippen LogP contribution < -0.4 is 10.9 Å². The molecule has 1 saturated heterocycles. The molecule has 1 aliphatic heterocycles. The average molecular weight is 280 g/mol. The van der Waals surface area contributed by atoms with E-state index < -0.39 is 0 Å². The van der Waals surface area contributed by atoms with E-state index in [2.05, 4.69) is 60.2 Å². The quantitative estimate of drug-likeness (QED) is 0.886. The van der Waals surface area contributed by atoms with E-state index in [0.29, 0.717) is 23.9 Å². The molecule has 0 bridgehead atoms. The van der Waals surface area contributed by atoms with Crippen LogP contribution in [0.15, 0.2) is 59.2 Å². The van der Waals surface area contributed by atoms with Crippen molar-refractivity contribution in [1.82, 2.24) is 10.9 Å². The average Bonchev–Trinajstić information content (AvgIpc) is 3.18. The van der Waals surface area contributed by atoms with Gasteiger partial charge in [0.1, 0.15) is 5.76 Å². The third-order valence-electron chi connectivity index (χ3n) is 4.81. The van der Waals surface area contributed by atoms with E-state index in [1.165, 1.54) is 11.1 Å². The summed E-state index contributed by atoms with van der Waals surface area (Å²) in [4.78, 5) is 0. The van der Waals surface area contributed by atoms with E-state index in [4.69, 9.17) is 4.42 Å². The van der Waals surface area contributed by atoms with Gasteiger partial charge < -0.3 is 4.42 Å². The predicted octanol–water partition coefficient (Wildman–Crippen LogP) is 3.33. The second-order valence-corrected chi connectivity index (χ2v) is 6.06. The second-order valence-electron chi connectivity index (χ2n) is 6.06. The minimum atomic E-state index is 0.360. The van der Waals surface area contributed by atoms with Crippen molar-refractivity contribution in [2.75, 3.05) is 0 Å². The first kappa shape index (κ1) is 12.9. The van der Waals surface area contributed by atoms with Gasteiger partial charge in [-0.15, -0.1) is 0 Å². The smallest absolute Gasteiger partial charge is 0.107 e. The Kier molecular flexibility index (Phi) is 3.17. The van der Waals surface area contributed by atoms with Gasteiger partial charge >= 0.3 is 0 Å². The molecule has 1 aliphatic carbocycles. The van der Waals surface area contributed by atoms with E-state index in [-0.39, 0.29) is 0 Å². The highest BCUT2D eigenvalue weighted by molar-refractivity contribution is 5.68. The third kappa shape index (κ3) is 2.23. The van der Waals surface area contributed by atoms with Gasteiger partial charge in [0.05, 0.1) is 6.26 Å². The van der Waals surface area contributed by atoms with Crippen molar-refractivity contribution in [2.24, 2.45) is 5.92 Å². The molecule has 1 aromatic heterocycles.